The molecule has 4 rings (SSSR count). The van der Waals surface area contributed by atoms with Gasteiger partial charge in [-0.05, 0) is 36.4 Å². The fourth-order valence-corrected chi connectivity index (χ4v) is 3.16. The number of anilines is 2. The Balaban J connectivity index is 1.44. The minimum absolute atomic E-state index is 0.0368. The van der Waals surface area contributed by atoms with Crippen LogP contribution in [0.2, 0.25) is 0 Å². The molecule has 1 N–H and O–H groups in total. The highest BCUT2D eigenvalue weighted by molar-refractivity contribution is 6.02. The normalized spacial score (nSPS) is 13.9. The predicted octanol–water partition coefficient (Wildman–Crippen LogP) is 3.94. The third-order valence-corrected chi connectivity index (χ3v) is 4.67. The summed E-state index contributed by atoms with van der Waals surface area (Å²) in [6.45, 7) is 3.12. The van der Waals surface area contributed by atoms with Crippen LogP contribution in [0.5, 0.6) is 0 Å². The maximum absolute atomic E-state index is 12.5. The molecule has 0 radical (unpaired) electrons. The van der Waals surface area contributed by atoms with Gasteiger partial charge in [0.05, 0.1) is 18.1 Å². The molecule has 1 aliphatic heterocycles. The quantitative estimate of drug-likeness (QED) is 0.521. The van der Waals surface area contributed by atoms with E-state index in [9.17, 15) is 14.9 Å². The number of benzene rings is 2. The van der Waals surface area contributed by atoms with Gasteiger partial charge < -0.3 is 19.4 Å². The lowest BCUT2D eigenvalue weighted by Crippen LogP contribution is -2.36. The number of hydrogen-bond donors (Lipinski definition) is 1. The van der Waals surface area contributed by atoms with Crippen LogP contribution in [0.4, 0.5) is 17.1 Å². The van der Waals surface area contributed by atoms with Crippen LogP contribution in [0, 0.1) is 10.1 Å². The van der Waals surface area contributed by atoms with E-state index in [1.54, 1.807) is 24.3 Å². The number of nitro groups is 1. The summed E-state index contributed by atoms with van der Waals surface area (Å²) >= 11 is 0. The topological polar surface area (TPSA) is 97.9 Å². The molecule has 8 heteroatoms. The predicted molar refractivity (Wildman–Crippen MR) is 108 cm³/mol. The van der Waals surface area contributed by atoms with Crippen LogP contribution < -0.4 is 10.2 Å². The van der Waals surface area contributed by atoms with Gasteiger partial charge in [-0.15, -0.1) is 0 Å². The molecule has 0 atom stereocenters. The van der Waals surface area contributed by atoms with E-state index in [0.29, 0.717) is 30.2 Å². The van der Waals surface area contributed by atoms with Crippen molar-refractivity contribution >= 4 is 23.0 Å². The van der Waals surface area contributed by atoms with Crippen LogP contribution in [-0.2, 0) is 4.74 Å². The van der Waals surface area contributed by atoms with E-state index < -0.39 is 4.92 Å². The van der Waals surface area contributed by atoms with Crippen LogP contribution in [0.25, 0.3) is 11.3 Å². The fourth-order valence-electron chi connectivity index (χ4n) is 3.16. The van der Waals surface area contributed by atoms with Crippen molar-refractivity contribution in [1.29, 1.82) is 0 Å². The molecule has 29 heavy (non-hydrogen) atoms. The number of nitrogens with zero attached hydrogens (tertiary/aromatic N) is 2. The first-order valence-electron chi connectivity index (χ1n) is 9.19. The van der Waals surface area contributed by atoms with Gasteiger partial charge in [0.1, 0.15) is 5.76 Å². The summed E-state index contributed by atoms with van der Waals surface area (Å²) in [5.74, 6) is 0.131. The van der Waals surface area contributed by atoms with E-state index >= 15 is 0 Å². The maximum atomic E-state index is 12.5. The van der Waals surface area contributed by atoms with Gasteiger partial charge in [-0.2, -0.15) is 0 Å². The molecular weight excluding hydrogens is 374 g/mol. The van der Waals surface area contributed by atoms with Crippen molar-refractivity contribution in [3.63, 3.8) is 0 Å². The number of carbonyl (C=O) groups is 1. The highest BCUT2D eigenvalue weighted by atomic mass is 16.6. The van der Waals surface area contributed by atoms with E-state index in [-0.39, 0.29) is 17.4 Å². The molecule has 1 amide bonds. The Bertz CT molecular complexity index is 1020. The minimum atomic E-state index is -0.472. The van der Waals surface area contributed by atoms with Gasteiger partial charge in [-0.1, -0.05) is 12.1 Å². The van der Waals surface area contributed by atoms with Crippen molar-refractivity contribution in [3.05, 3.63) is 76.5 Å². The second-order valence-electron chi connectivity index (χ2n) is 6.57. The number of ether oxygens (including phenoxy) is 1. The summed E-state index contributed by atoms with van der Waals surface area (Å²) in [7, 11) is 0. The highest BCUT2D eigenvalue weighted by Gasteiger charge is 2.15. The zero-order valence-corrected chi connectivity index (χ0v) is 15.5. The molecule has 1 saturated heterocycles. The molecule has 0 spiro atoms. The Morgan fingerprint density at radius 2 is 1.79 bits per heavy atom. The van der Waals surface area contributed by atoms with Crippen molar-refractivity contribution < 1.29 is 18.9 Å². The lowest BCUT2D eigenvalue weighted by molar-refractivity contribution is -0.384. The summed E-state index contributed by atoms with van der Waals surface area (Å²) in [5, 5.41) is 13.7. The van der Waals surface area contributed by atoms with Gasteiger partial charge in [0.25, 0.3) is 11.6 Å². The van der Waals surface area contributed by atoms with E-state index in [4.69, 9.17) is 9.15 Å². The number of non-ortho nitro benzene ring substituents is 1. The van der Waals surface area contributed by atoms with Gasteiger partial charge in [0, 0.05) is 42.2 Å². The second-order valence-corrected chi connectivity index (χ2v) is 6.57. The molecule has 0 bridgehead atoms. The summed E-state index contributed by atoms with van der Waals surface area (Å²) in [6.07, 6.45) is 0. The first-order chi connectivity index (χ1) is 14.1. The maximum Gasteiger partial charge on any atom is 0.291 e. The molecule has 0 aliphatic carbocycles. The van der Waals surface area contributed by atoms with Gasteiger partial charge in [0.15, 0.2) is 5.76 Å². The standard InChI is InChI=1S/C21H19N3O5/c25-21(22-16-4-6-17(7-5-16)23-10-12-28-13-11-23)20-9-8-19(29-20)15-2-1-3-18(14-15)24(26)27/h1-9,14H,10-13H2,(H,22,25). The van der Waals surface area contributed by atoms with E-state index in [2.05, 4.69) is 10.2 Å². The summed E-state index contributed by atoms with van der Waals surface area (Å²) < 4.78 is 11.0. The number of nitrogens with one attached hydrogen (secondary N) is 1. The molecular formula is C21H19N3O5. The van der Waals surface area contributed by atoms with Gasteiger partial charge in [-0.3, -0.25) is 14.9 Å². The highest BCUT2D eigenvalue weighted by Crippen LogP contribution is 2.26. The third-order valence-electron chi connectivity index (χ3n) is 4.67. The fraction of sp³-hybridized carbons (Fsp3) is 0.190. The number of furan rings is 1. The number of hydrogen-bond acceptors (Lipinski definition) is 6. The molecule has 1 aliphatic rings. The molecule has 8 nitrogen and oxygen atoms in total. The monoisotopic (exact) mass is 393 g/mol. The van der Waals surface area contributed by atoms with Crippen molar-refractivity contribution in [2.24, 2.45) is 0 Å². The molecule has 1 fully saturated rings. The molecule has 148 valence electrons. The Labute approximate surface area is 166 Å². The lowest BCUT2D eigenvalue weighted by atomic mass is 10.1. The second kappa shape index (κ2) is 8.15. The first-order valence-corrected chi connectivity index (χ1v) is 9.19. The minimum Gasteiger partial charge on any atom is -0.451 e. The molecule has 0 saturated carbocycles. The van der Waals surface area contributed by atoms with E-state index in [1.165, 1.54) is 12.1 Å². The largest absolute Gasteiger partial charge is 0.451 e. The van der Waals surface area contributed by atoms with Crippen molar-refractivity contribution in [2.45, 2.75) is 0 Å². The summed E-state index contributed by atoms with van der Waals surface area (Å²) in [4.78, 5) is 25.2. The van der Waals surface area contributed by atoms with Crippen molar-refractivity contribution in [3.8, 4) is 11.3 Å². The summed E-state index contributed by atoms with van der Waals surface area (Å²) in [5.41, 5.74) is 2.23. The van der Waals surface area contributed by atoms with Crippen LogP contribution in [-0.4, -0.2) is 37.1 Å². The number of carbonyl (C=O) groups excluding carboxylic acids is 1. The zero-order chi connectivity index (χ0) is 20.2. The van der Waals surface area contributed by atoms with Crippen molar-refractivity contribution in [1.82, 2.24) is 0 Å². The first kappa shape index (κ1) is 18.7. The number of morpholine rings is 1. The van der Waals surface area contributed by atoms with Crippen LogP contribution in [0.15, 0.2) is 65.1 Å². The van der Waals surface area contributed by atoms with E-state index in [1.807, 2.05) is 24.3 Å². The molecule has 2 heterocycles. The Kier molecular flexibility index (Phi) is 5.26. The SMILES string of the molecule is O=C(Nc1ccc(N2CCOCC2)cc1)c1ccc(-c2cccc([N+](=O)[O-])c2)o1. The molecule has 3 aromatic rings. The molecule has 1 aromatic heterocycles. The average molecular weight is 393 g/mol. The third kappa shape index (κ3) is 4.27. The Morgan fingerprint density at radius 3 is 2.52 bits per heavy atom. The smallest absolute Gasteiger partial charge is 0.291 e. The average Bonchev–Trinajstić information content (AvgIpc) is 3.26. The number of nitro benzene ring substituents is 1. The number of amides is 1. The number of rotatable bonds is 5. The van der Waals surface area contributed by atoms with E-state index in [0.717, 1.165) is 18.8 Å². The zero-order valence-electron chi connectivity index (χ0n) is 15.5. The van der Waals surface area contributed by atoms with Crippen LogP contribution in [0.3, 0.4) is 0 Å². The van der Waals surface area contributed by atoms with Gasteiger partial charge >= 0.3 is 0 Å². The van der Waals surface area contributed by atoms with Gasteiger partial charge in [-0.25, -0.2) is 0 Å². The van der Waals surface area contributed by atoms with Gasteiger partial charge in [0.2, 0.25) is 0 Å². The van der Waals surface area contributed by atoms with Crippen LogP contribution in [0.1, 0.15) is 10.6 Å². The van der Waals surface area contributed by atoms with Crippen molar-refractivity contribution in [2.75, 3.05) is 36.5 Å². The molecule has 2 aromatic carbocycles. The molecule has 0 unspecified atom stereocenters. The Morgan fingerprint density at radius 1 is 1.03 bits per heavy atom. The Hall–Kier alpha value is -3.65. The lowest BCUT2D eigenvalue weighted by Gasteiger charge is -2.28. The van der Waals surface area contributed by atoms with Crippen LogP contribution >= 0.6 is 0 Å². The summed E-state index contributed by atoms with van der Waals surface area (Å²) in [6, 6.07) is 16.8.